The molecule has 6 heteroatoms. The van der Waals surface area contributed by atoms with Gasteiger partial charge in [0, 0.05) is 39.6 Å². The quantitative estimate of drug-likeness (QED) is 0.189. The number of rotatable bonds is 3. The van der Waals surface area contributed by atoms with Gasteiger partial charge in [-0.1, -0.05) is 66.7 Å². The standard InChI is InChI=1S/C41H25N5O/c47-41-32-13-8-22-42-40(32)44-25-29(18-21-39(44)43-41)46-36-15-7-5-12-31(36)34-24-27(17-20-38(34)46)26-16-19-37-33(23-26)30-11-4-6-14-35(30)45(37)28-9-2-1-3-10-28/h1-25H. The second-order valence-electron chi connectivity index (χ2n) is 11.9. The zero-order valence-corrected chi connectivity index (χ0v) is 25.1. The molecular weight excluding hydrogens is 578 g/mol. The van der Waals surface area contributed by atoms with E-state index >= 15 is 0 Å². The fourth-order valence-electron chi connectivity index (χ4n) is 7.23. The molecule has 0 aliphatic rings. The normalized spacial score (nSPS) is 11.9. The molecule has 220 valence electrons. The minimum absolute atomic E-state index is 0.270. The summed E-state index contributed by atoms with van der Waals surface area (Å²) in [6.45, 7) is 0. The lowest BCUT2D eigenvalue weighted by molar-refractivity contribution is 1.06. The molecule has 0 bridgehead atoms. The van der Waals surface area contributed by atoms with Crippen LogP contribution in [0.4, 0.5) is 0 Å². The van der Waals surface area contributed by atoms with Crippen molar-refractivity contribution in [1.29, 1.82) is 0 Å². The summed E-state index contributed by atoms with van der Waals surface area (Å²) in [6, 6.07) is 48.7. The van der Waals surface area contributed by atoms with Crippen LogP contribution >= 0.6 is 0 Å². The van der Waals surface area contributed by atoms with Crippen molar-refractivity contribution in [3.8, 4) is 22.5 Å². The Morgan fingerprint density at radius 1 is 0.468 bits per heavy atom. The average molecular weight is 604 g/mol. The van der Waals surface area contributed by atoms with Crippen LogP contribution in [0.25, 0.3) is 82.8 Å². The molecule has 0 amide bonds. The van der Waals surface area contributed by atoms with Crippen molar-refractivity contribution in [2.75, 3.05) is 0 Å². The molecule has 0 spiro atoms. The van der Waals surface area contributed by atoms with Gasteiger partial charge in [0.15, 0.2) is 5.65 Å². The van der Waals surface area contributed by atoms with Gasteiger partial charge in [0.05, 0.1) is 33.1 Å². The number of aromatic nitrogens is 5. The molecular formula is C41H25N5O. The van der Waals surface area contributed by atoms with E-state index in [0.717, 1.165) is 28.0 Å². The number of hydrogen-bond acceptors (Lipinski definition) is 3. The highest BCUT2D eigenvalue weighted by Crippen LogP contribution is 2.38. The predicted octanol–water partition coefficient (Wildman–Crippen LogP) is 9.10. The summed E-state index contributed by atoms with van der Waals surface area (Å²) in [6.07, 6.45) is 3.73. The van der Waals surface area contributed by atoms with E-state index in [1.54, 1.807) is 18.3 Å². The molecule has 47 heavy (non-hydrogen) atoms. The summed E-state index contributed by atoms with van der Waals surface area (Å²) in [5.41, 5.74) is 9.93. The third kappa shape index (κ3) is 3.76. The van der Waals surface area contributed by atoms with Crippen LogP contribution in [0.1, 0.15) is 0 Å². The van der Waals surface area contributed by atoms with Gasteiger partial charge in [0.25, 0.3) is 5.56 Å². The Bertz CT molecular complexity index is 2930. The van der Waals surface area contributed by atoms with Gasteiger partial charge in [-0.2, -0.15) is 4.98 Å². The summed E-state index contributed by atoms with van der Waals surface area (Å²) in [7, 11) is 0. The molecule has 0 N–H and O–H groups in total. The molecule has 10 rings (SSSR count). The maximum Gasteiger partial charge on any atom is 0.282 e. The number of pyridine rings is 2. The molecule has 0 saturated heterocycles. The molecule has 0 aliphatic carbocycles. The van der Waals surface area contributed by atoms with E-state index in [4.69, 9.17) is 0 Å². The Morgan fingerprint density at radius 3 is 1.72 bits per heavy atom. The Balaban J connectivity index is 1.18. The zero-order valence-electron chi connectivity index (χ0n) is 25.1. The Hall–Kier alpha value is -6.53. The average Bonchev–Trinajstić information content (AvgIpc) is 3.64. The fourth-order valence-corrected chi connectivity index (χ4v) is 7.23. The lowest BCUT2D eigenvalue weighted by Crippen LogP contribution is -2.12. The van der Waals surface area contributed by atoms with Crippen molar-refractivity contribution in [2.24, 2.45) is 0 Å². The molecule has 0 fully saturated rings. The lowest BCUT2D eigenvalue weighted by Gasteiger charge is -2.11. The lowest BCUT2D eigenvalue weighted by atomic mass is 10.0. The second-order valence-corrected chi connectivity index (χ2v) is 11.9. The van der Waals surface area contributed by atoms with Gasteiger partial charge in [-0.3, -0.25) is 9.20 Å². The van der Waals surface area contributed by atoms with Crippen LogP contribution in [0.15, 0.2) is 157 Å². The minimum atomic E-state index is -0.270. The Labute approximate surface area is 268 Å². The predicted molar refractivity (Wildman–Crippen MR) is 191 cm³/mol. The third-order valence-corrected chi connectivity index (χ3v) is 9.32. The third-order valence-electron chi connectivity index (χ3n) is 9.32. The number of para-hydroxylation sites is 3. The molecule has 0 radical (unpaired) electrons. The molecule has 10 aromatic rings. The maximum absolute atomic E-state index is 12.6. The van der Waals surface area contributed by atoms with Crippen molar-refractivity contribution in [1.82, 2.24) is 23.5 Å². The first-order valence-electron chi connectivity index (χ1n) is 15.6. The van der Waals surface area contributed by atoms with Gasteiger partial charge in [0.2, 0.25) is 0 Å². The van der Waals surface area contributed by atoms with Gasteiger partial charge in [-0.05, 0) is 83.9 Å². The number of benzene rings is 5. The van der Waals surface area contributed by atoms with E-state index in [2.05, 4.69) is 134 Å². The number of nitrogens with zero attached hydrogens (tertiary/aromatic N) is 5. The monoisotopic (exact) mass is 603 g/mol. The molecule has 5 heterocycles. The van der Waals surface area contributed by atoms with Crippen LogP contribution in [0.3, 0.4) is 0 Å². The fraction of sp³-hybridized carbons (Fsp3) is 0. The van der Waals surface area contributed by atoms with E-state index < -0.39 is 0 Å². The summed E-state index contributed by atoms with van der Waals surface area (Å²) >= 11 is 0. The topological polar surface area (TPSA) is 57.1 Å². The number of hydrogen-bond donors (Lipinski definition) is 0. The van der Waals surface area contributed by atoms with Crippen LogP contribution < -0.4 is 5.56 Å². The minimum Gasteiger partial charge on any atom is -0.309 e. The maximum atomic E-state index is 12.6. The van der Waals surface area contributed by atoms with E-state index in [0.29, 0.717) is 16.7 Å². The number of fused-ring (bicyclic) bond motifs is 9. The van der Waals surface area contributed by atoms with E-state index in [-0.39, 0.29) is 5.56 Å². The van der Waals surface area contributed by atoms with E-state index in [1.807, 2.05) is 22.7 Å². The molecule has 0 unspecified atom stereocenters. The van der Waals surface area contributed by atoms with Gasteiger partial charge in [-0.15, -0.1) is 0 Å². The molecule has 0 aliphatic heterocycles. The molecule has 5 aromatic carbocycles. The van der Waals surface area contributed by atoms with Crippen LogP contribution in [-0.4, -0.2) is 23.5 Å². The highest BCUT2D eigenvalue weighted by atomic mass is 16.1. The summed E-state index contributed by atoms with van der Waals surface area (Å²) in [4.78, 5) is 21.5. The van der Waals surface area contributed by atoms with Gasteiger partial charge < -0.3 is 9.13 Å². The first-order chi connectivity index (χ1) is 23.2. The van der Waals surface area contributed by atoms with Gasteiger partial charge >= 0.3 is 0 Å². The van der Waals surface area contributed by atoms with Crippen LogP contribution in [0, 0.1) is 0 Å². The summed E-state index contributed by atoms with van der Waals surface area (Å²) < 4.78 is 6.53. The largest absolute Gasteiger partial charge is 0.309 e. The van der Waals surface area contributed by atoms with Crippen molar-refractivity contribution < 1.29 is 0 Å². The zero-order chi connectivity index (χ0) is 31.1. The van der Waals surface area contributed by atoms with Crippen LogP contribution in [-0.2, 0) is 0 Å². The van der Waals surface area contributed by atoms with Crippen molar-refractivity contribution in [2.45, 2.75) is 0 Å². The first-order valence-corrected chi connectivity index (χ1v) is 15.6. The highest BCUT2D eigenvalue weighted by Gasteiger charge is 2.17. The van der Waals surface area contributed by atoms with Crippen molar-refractivity contribution in [3.63, 3.8) is 0 Å². The van der Waals surface area contributed by atoms with E-state index in [9.17, 15) is 4.79 Å². The molecule has 5 aromatic heterocycles. The summed E-state index contributed by atoms with van der Waals surface area (Å²) in [5.74, 6) is 0. The van der Waals surface area contributed by atoms with Gasteiger partial charge in [-0.25, -0.2) is 4.98 Å². The van der Waals surface area contributed by atoms with E-state index in [1.165, 1.54) is 38.1 Å². The van der Waals surface area contributed by atoms with Crippen LogP contribution in [0.5, 0.6) is 0 Å². The van der Waals surface area contributed by atoms with Crippen molar-refractivity contribution in [3.05, 3.63) is 162 Å². The second kappa shape index (κ2) is 9.73. The smallest absolute Gasteiger partial charge is 0.282 e. The van der Waals surface area contributed by atoms with Crippen molar-refractivity contribution >= 4 is 60.3 Å². The summed E-state index contributed by atoms with van der Waals surface area (Å²) in [5, 5.41) is 5.31. The van der Waals surface area contributed by atoms with Crippen LogP contribution in [0.2, 0.25) is 0 Å². The first kappa shape index (κ1) is 25.8. The molecule has 6 nitrogen and oxygen atoms in total. The highest BCUT2D eigenvalue weighted by molar-refractivity contribution is 6.12. The van der Waals surface area contributed by atoms with Gasteiger partial charge in [0.1, 0.15) is 5.65 Å². The SMILES string of the molecule is O=c1nc2ccc(-n3c4ccccc4c4cc(-c5ccc6c(c5)c5ccccc5n6-c5ccccc5)ccc43)cn2c2ncccc12. The molecule has 0 saturated carbocycles. The molecule has 0 atom stereocenters. The Kier molecular flexibility index (Phi) is 5.33. The Morgan fingerprint density at radius 2 is 1.04 bits per heavy atom.